The van der Waals surface area contributed by atoms with Crippen molar-refractivity contribution in [3.8, 4) is 61.5 Å². The van der Waals surface area contributed by atoms with E-state index in [1.54, 1.807) is 0 Å². The second kappa shape index (κ2) is 25.9. The molecule has 0 unspecified atom stereocenters. The molecule has 2 aliphatic heterocycles. The number of nitrogens with zero attached hydrogens (tertiary/aromatic N) is 4. The minimum Gasteiger partial charge on any atom is -0.310 e. The lowest BCUT2D eigenvalue weighted by molar-refractivity contribution is 0.569. The molecule has 0 fully saturated rings. The number of fused-ring (bicyclic) bond motifs is 7. The van der Waals surface area contributed by atoms with Crippen LogP contribution in [0.25, 0.3) is 83.3 Å². The van der Waals surface area contributed by atoms with E-state index in [1.807, 2.05) is 0 Å². The van der Waals surface area contributed by atoms with E-state index in [4.69, 9.17) is 4.98 Å². The summed E-state index contributed by atoms with van der Waals surface area (Å²) >= 11 is 0. The molecule has 546 valence electrons. The standard InChI is InChI=1S/C103H111BN4/c1-96(2,3)69-44-49-86-80(55-69)81-56-70(97(4,5)6)45-50-87(81)106(86)76-46-48-84-89(63-76)108(94-77(64-35-28-25-29-36-64)57-73(100(13,14)15)58-78(94)65-37-30-26-31-38-65)91-62-75(102(19,20)21)61-90-93(91)104(84)83-47-43-67(68-51-71(98(7,8)9)54-72(52-68)99(10,11)12)53-88(83)107(90)95-79(66-39-32-27-33-40-66)59-74(101(16,17)18)60-82(95)85-41-34-42-92(105-85)103(22,23)24/h25-63H,1-24H3. The van der Waals surface area contributed by atoms with Gasteiger partial charge in [-0.1, -0.05) is 312 Å². The van der Waals surface area contributed by atoms with Crippen molar-refractivity contribution in [2.75, 3.05) is 9.80 Å². The Hall–Kier alpha value is -9.97. The molecule has 4 heterocycles. The predicted molar refractivity (Wildman–Crippen MR) is 469 cm³/mol. The molecule has 5 heteroatoms. The number of benzene rings is 11. The van der Waals surface area contributed by atoms with Gasteiger partial charge in [-0.2, -0.15) is 0 Å². The van der Waals surface area contributed by atoms with Crippen LogP contribution in [-0.4, -0.2) is 16.3 Å². The Labute approximate surface area is 646 Å². The largest absolute Gasteiger partial charge is 0.310 e. The fraction of sp³-hybridized carbons (Fsp3) is 0.311. The minimum atomic E-state index is -0.343. The third kappa shape index (κ3) is 13.2. The Morgan fingerprint density at radius 2 is 0.639 bits per heavy atom. The van der Waals surface area contributed by atoms with Gasteiger partial charge in [0.25, 0.3) is 6.71 Å². The molecule has 11 aromatic carbocycles. The monoisotopic (exact) mass is 1410 g/mol. The highest BCUT2D eigenvalue weighted by Gasteiger charge is 2.47. The van der Waals surface area contributed by atoms with E-state index < -0.39 is 0 Å². The van der Waals surface area contributed by atoms with E-state index in [0.29, 0.717) is 0 Å². The number of hydrogen-bond acceptors (Lipinski definition) is 3. The summed E-state index contributed by atoms with van der Waals surface area (Å²) in [5, 5.41) is 2.53. The maximum Gasteiger partial charge on any atom is 0.252 e. The Bertz CT molecular complexity index is 5530. The third-order valence-corrected chi connectivity index (χ3v) is 23.1. The highest BCUT2D eigenvalue weighted by atomic mass is 15.2. The Balaban J connectivity index is 1.16. The number of hydrogen-bond donors (Lipinski definition) is 0. The van der Waals surface area contributed by atoms with Gasteiger partial charge in [0, 0.05) is 72.6 Å². The minimum absolute atomic E-state index is 0.0581. The fourth-order valence-electron chi connectivity index (χ4n) is 16.4. The zero-order valence-corrected chi connectivity index (χ0v) is 68.9. The maximum absolute atomic E-state index is 5.83. The topological polar surface area (TPSA) is 24.3 Å². The zero-order valence-electron chi connectivity index (χ0n) is 68.9. The summed E-state index contributed by atoms with van der Waals surface area (Å²) in [6.07, 6.45) is 0. The Morgan fingerprint density at radius 1 is 0.259 bits per heavy atom. The SMILES string of the molecule is CC(C)(C)c1cc(-c2ccc3c(c2)N(c2c(-c4ccccc4)cc(C(C)(C)C)cc2-c2cccc(C(C)(C)C)n2)c2cc(C(C)(C)C)cc4c2B3c2ccc(-n3c5ccc(C(C)(C)C)cc5c5cc(C(C)(C)C)ccc53)cc2N4c2c(-c3ccccc3)cc(C(C)(C)C)cc2-c2ccccc2)cc(C(C)(C)C)c1. The van der Waals surface area contributed by atoms with E-state index in [-0.39, 0.29) is 50.0 Å². The highest BCUT2D eigenvalue weighted by Crippen LogP contribution is 2.56. The molecule has 0 atom stereocenters. The molecule has 0 saturated carbocycles. The molecular weight excluding hydrogens is 1300 g/mol. The van der Waals surface area contributed by atoms with Crippen molar-refractivity contribution in [1.82, 2.24) is 9.55 Å². The molecule has 108 heavy (non-hydrogen) atoms. The second-order valence-corrected chi connectivity index (χ2v) is 39.5. The Kier molecular flexibility index (Phi) is 17.6. The average molecular weight is 1420 g/mol. The van der Waals surface area contributed by atoms with Crippen LogP contribution < -0.4 is 26.2 Å². The molecule has 0 aliphatic carbocycles. The van der Waals surface area contributed by atoms with Crippen molar-refractivity contribution in [2.45, 2.75) is 209 Å². The van der Waals surface area contributed by atoms with Crippen LogP contribution >= 0.6 is 0 Å². The molecule has 0 radical (unpaired) electrons. The number of pyridine rings is 1. The smallest absolute Gasteiger partial charge is 0.252 e. The van der Waals surface area contributed by atoms with Gasteiger partial charge in [-0.05, 0) is 212 Å². The normalized spacial score (nSPS) is 13.7. The first-order valence-electron chi connectivity index (χ1n) is 39.5. The Morgan fingerprint density at radius 3 is 1.06 bits per heavy atom. The molecule has 15 rings (SSSR count). The van der Waals surface area contributed by atoms with Gasteiger partial charge >= 0.3 is 0 Å². The second-order valence-electron chi connectivity index (χ2n) is 39.5. The summed E-state index contributed by atoms with van der Waals surface area (Å²) in [6, 6.07) is 92.8. The van der Waals surface area contributed by atoms with Crippen LogP contribution in [0.3, 0.4) is 0 Å². The van der Waals surface area contributed by atoms with Crippen LogP contribution in [0.5, 0.6) is 0 Å². The number of rotatable bonds is 8. The van der Waals surface area contributed by atoms with Crippen LogP contribution in [0.4, 0.5) is 34.1 Å². The quantitative estimate of drug-likeness (QED) is 0.142. The van der Waals surface area contributed by atoms with E-state index in [0.717, 1.165) is 79.0 Å². The first kappa shape index (κ1) is 73.5. The highest BCUT2D eigenvalue weighted by molar-refractivity contribution is 7.00. The van der Waals surface area contributed by atoms with Crippen LogP contribution in [0.2, 0.25) is 0 Å². The van der Waals surface area contributed by atoms with Crippen molar-refractivity contribution in [3.05, 3.63) is 281 Å². The molecule has 0 amide bonds. The molecule has 13 aromatic rings. The molecule has 2 aromatic heterocycles. The summed E-state index contributed by atoms with van der Waals surface area (Å²) < 4.78 is 2.57. The van der Waals surface area contributed by atoms with Gasteiger partial charge in [-0.3, -0.25) is 4.98 Å². The average Bonchev–Trinajstić information content (AvgIpc) is 0.715. The first-order valence-corrected chi connectivity index (χ1v) is 39.5. The lowest BCUT2D eigenvalue weighted by Crippen LogP contribution is -2.61. The predicted octanol–water partition coefficient (Wildman–Crippen LogP) is 27.0. The molecule has 0 bridgehead atoms. The summed E-state index contributed by atoms with van der Waals surface area (Å²) in [7, 11) is 0. The van der Waals surface area contributed by atoms with Crippen LogP contribution in [0, 0.1) is 0 Å². The van der Waals surface area contributed by atoms with E-state index in [2.05, 4.69) is 417 Å². The fourth-order valence-corrected chi connectivity index (χ4v) is 16.4. The summed E-state index contributed by atoms with van der Waals surface area (Å²) in [4.78, 5) is 11.3. The van der Waals surface area contributed by atoms with Crippen molar-refractivity contribution in [3.63, 3.8) is 0 Å². The third-order valence-electron chi connectivity index (χ3n) is 23.1. The van der Waals surface area contributed by atoms with Crippen LogP contribution in [0.1, 0.15) is 211 Å². The molecule has 0 spiro atoms. The van der Waals surface area contributed by atoms with Gasteiger partial charge in [0.15, 0.2) is 0 Å². The summed E-state index contributed by atoms with van der Waals surface area (Å²) in [5.74, 6) is 0. The lowest BCUT2D eigenvalue weighted by Gasteiger charge is -2.47. The van der Waals surface area contributed by atoms with E-state index in [9.17, 15) is 0 Å². The van der Waals surface area contributed by atoms with E-state index >= 15 is 0 Å². The summed E-state index contributed by atoms with van der Waals surface area (Å²) in [6.45, 7) is 56.2. The van der Waals surface area contributed by atoms with Crippen LogP contribution in [-0.2, 0) is 43.3 Å². The molecule has 2 aliphatic rings. The van der Waals surface area contributed by atoms with Crippen molar-refractivity contribution < 1.29 is 0 Å². The first-order chi connectivity index (χ1) is 50.6. The molecule has 0 saturated heterocycles. The zero-order chi connectivity index (χ0) is 77.1. The van der Waals surface area contributed by atoms with Gasteiger partial charge in [0.1, 0.15) is 0 Å². The van der Waals surface area contributed by atoms with E-state index in [1.165, 1.54) is 99.4 Å². The number of aromatic nitrogens is 2. The molecule has 4 nitrogen and oxygen atoms in total. The summed E-state index contributed by atoms with van der Waals surface area (Å²) in [5.41, 5.74) is 34.2. The molecular formula is C103H111BN4. The van der Waals surface area contributed by atoms with Gasteiger partial charge in [0.2, 0.25) is 0 Å². The maximum atomic E-state index is 5.83. The van der Waals surface area contributed by atoms with Crippen LogP contribution in [0.15, 0.2) is 237 Å². The van der Waals surface area contributed by atoms with Gasteiger partial charge in [-0.25, -0.2) is 0 Å². The van der Waals surface area contributed by atoms with Gasteiger partial charge < -0.3 is 14.4 Å². The van der Waals surface area contributed by atoms with Crippen molar-refractivity contribution in [1.29, 1.82) is 0 Å². The van der Waals surface area contributed by atoms with Crippen molar-refractivity contribution >= 4 is 79.0 Å². The van der Waals surface area contributed by atoms with Crippen molar-refractivity contribution in [2.24, 2.45) is 0 Å². The van der Waals surface area contributed by atoms with Gasteiger partial charge in [0.05, 0.1) is 28.1 Å². The van der Waals surface area contributed by atoms with Gasteiger partial charge in [-0.15, -0.1) is 0 Å². The number of anilines is 6. The lowest BCUT2D eigenvalue weighted by atomic mass is 9.33. The molecule has 0 N–H and O–H groups in total.